The average Bonchev–Trinajstić information content (AvgIpc) is 2.55. The molecule has 0 amide bonds. The summed E-state index contributed by atoms with van der Waals surface area (Å²) < 4.78 is 64.0. The summed E-state index contributed by atoms with van der Waals surface area (Å²) in [6, 6.07) is 9.94. The van der Waals surface area contributed by atoms with Gasteiger partial charge in [0.2, 0.25) is 10.0 Å². The van der Waals surface area contributed by atoms with Gasteiger partial charge in [0, 0.05) is 6.54 Å². The van der Waals surface area contributed by atoms with Crippen molar-refractivity contribution in [2.24, 2.45) is 0 Å². The zero-order valence-corrected chi connectivity index (χ0v) is 14.3. The Morgan fingerprint density at radius 1 is 0.962 bits per heavy atom. The van der Waals surface area contributed by atoms with Crippen molar-refractivity contribution in [3.63, 3.8) is 0 Å². The fourth-order valence-electron chi connectivity index (χ4n) is 2.23. The Hall–Kier alpha value is -2.39. The fourth-order valence-corrected chi connectivity index (χ4v) is 3.27. The van der Waals surface area contributed by atoms with E-state index in [1.807, 2.05) is 0 Å². The molecular weight excluding hydrogens is 371 g/mol. The maximum Gasteiger partial charge on any atom is 0.416 e. The van der Waals surface area contributed by atoms with E-state index in [0.717, 1.165) is 29.8 Å². The molecule has 140 valence electrons. The Morgan fingerprint density at radius 2 is 1.50 bits per heavy atom. The summed E-state index contributed by atoms with van der Waals surface area (Å²) in [6.45, 7) is 0.0572. The number of benzene rings is 2. The van der Waals surface area contributed by atoms with Crippen molar-refractivity contribution < 1.29 is 31.5 Å². The van der Waals surface area contributed by atoms with Gasteiger partial charge in [-0.1, -0.05) is 24.3 Å². The SMILES string of the molecule is O=C(O)Cc1ccc(CCNS(=O)(=O)c2ccc(C(F)(F)F)cc2)cc1. The lowest BCUT2D eigenvalue weighted by atomic mass is 10.1. The summed E-state index contributed by atoms with van der Waals surface area (Å²) in [4.78, 5) is 10.4. The maximum atomic E-state index is 12.5. The van der Waals surface area contributed by atoms with Crippen molar-refractivity contribution in [2.75, 3.05) is 6.54 Å². The minimum Gasteiger partial charge on any atom is -0.481 e. The van der Waals surface area contributed by atoms with Gasteiger partial charge in [-0.05, 0) is 41.8 Å². The molecule has 0 radical (unpaired) electrons. The number of sulfonamides is 1. The van der Waals surface area contributed by atoms with Gasteiger partial charge in [-0.25, -0.2) is 13.1 Å². The zero-order chi connectivity index (χ0) is 19.4. The van der Waals surface area contributed by atoms with Crippen LogP contribution in [-0.2, 0) is 33.8 Å². The third-order valence-electron chi connectivity index (χ3n) is 3.58. The summed E-state index contributed by atoms with van der Waals surface area (Å²) in [5, 5.41) is 8.70. The lowest BCUT2D eigenvalue weighted by Gasteiger charge is -2.09. The maximum absolute atomic E-state index is 12.5. The molecule has 2 rings (SSSR count). The number of hydrogen-bond donors (Lipinski definition) is 2. The van der Waals surface area contributed by atoms with Crippen LogP contribution in [0.4, 0.5) is 13.2 Å². The molecule has 9 heteroatoms. The summed E-state index contributed by atoms with van der Waals surface area (Å²) in [6.07, 6.45) is -4.27. The molecule has 0 atom stereocenters. The number of nitrogens with one attached hydrogen (secondary N) is 1. The molecule has 0 aliphatic heterocycles. The number of alkyl halides is 3. The highest BCUT2D eigenvalue weighted by Crippen LogP contribution is 2.29. The molecule has 2 N–H and O–H groups in total. The Balaban J connectivity index is 1.94. The molecule has 26 heavy (non-hydrogen) atoms. The second kappa shape index (κ2) is 7.88. The van der Waals surface area contributed by atoms with Crippen LogP contribution >= 0.6 is 0 Å². The minimum atomic E-state index is -4.53. The van der Waals surface area contributed by atoms with E-state index in [1.54, 1.807) is 24.3 Å². The quantitative estimate of drug-likeness (QED) is 0.765. The molecule has 0 saturated heterocycles. The van der Waals surface area contributed by atoms with Crippen LogP contribution in [0, 0.1) is 0 Å². The van der Waals surface area contributed by atoms with Crippen LogP contribution in [0.25, 0.3) is 0 Å². The van der Waals surface area contributed by atoms with E-state index >= 15 is 0 Å². The molecule has 0 bridgehead atoms. The van der Waals surface area contributed by atoms with Gasteiger partial charge >= 0.3 is 12.1 Å². The average molecular weight is 387 g/mol. The van der Waals surface area contributed by atoms with E-state index < -0.39 is 27.7 Å². The first kappa shape index (κ1) is 19.9. The van der Waals surface area contributed by atoms with Gasteiger partial charge < -0.3 is 5.11 Å². The van der Waals surface area contributed by atoms with Crippen molar-refractivity contribution in [3.8, 4) is 0 Å². The van der Waals surface area contributed by atoms with E-state index in [9.17, 15) is 26.4 Å². The van der Waals surface area contributed by atoms with Crippen LogP contribution in [0.1, 0.15) is 16.7 Å². The van der Waals surface area contributed by atoms with E-state index in [1.165, 1.54) is 0 Å². The first-order valence-corrected chi connectivity index (χ1v) is 9.03. The van der Waals surface area contributed by atoms with Crippen molar-refractivity contribution >= 4 is 16.0 Å². The molecule has 0 heterocycles. The summed E-state index contributed by atoms with van der Waals surface area (Å²) in [7, 11) is -3.91. The third kappa shape index (κ3) is 5.57. The van der Waals surface area contributed by atoms with Crippen LogP contribution in [0.5, 0.6) is 0 Å². The second-order valence-electron chi connectivity index (χ2n) is 5.56. The number of carboxylic acids is 1. The topological polar surface area (TPSA) is 83.5 Å². The van der Waals surface area contributed by atoms with E-state index in [0.29, 0.717) is 12.0 Å². The molecule has 2 aromatic rings. The number of rotatable bonds is 7. The Bertz CT molecular complexity index is 860. The monoisotopic (exact) mass is 387 g/mol. The smallest absolute Gasteiger partial charge is 0.416 e. The van der Waals surface area contributed by atoms with Gasteiger partial charge in [0.05, 0.1) is 16.9 Å². The molecule has 2 aromatic carbocycles. The lowest BCUT2D eigenvalue weighted by Crippen LogP contribution is -2.26. The van der Waals surface area contributed by atoms with E-state index in [-0.39, 0.29) is 17.9 Å². The predicted octanol–water partition coefficient (Wildman–Crippen LogP) is 2.85. The van der Waals surface area contributed by atoms with Crippen LogP contribution in [0.3, 0.4) is 0 Å². The molecule has 5 nitrogen and oxygen atoms in total. The zero-order valence-electron chi connectivity index (χ0n) is 13.5. The number of aliphatic carboxylic acids is 1. The van der Waals surface area contributed by atoms with Gasteiger partial charge in [-0.15, -0.1) is 0 Å². The van der Waals surface area contributed by atoms with Crippen LogP contribution in [-0.4, -0.2) is 26.0 Å². The van der Waals surface area contributed by atoms with Crippen LogP contribution in [0.15, 0.2) is 53.4 Å². The number of halogens is 3. The molecule has 0 saturated carbocycles. The van der Waals surface area contributed by atoms with Crippen molar-refractivity contribution in [3.05, 3.63) is 65.2 Å². The van der Waals surface area contributed by atoms with Crippen LogP contribution in [0.2, 0.25) is 0 Å². The molecule has 0 spiro atoms. The highest BCUT2D eigenvalue weighted by atomic mass is 32.2. The summed E-state index contributed by atoms with van der Waals surface area (Å²) in [5.41, 5.74) is 0.513. The lowest BCUT2D eigenvalue weighted by molar-refractivity contribution is -0.138. The molecule has 0 unspecified atom stereocenters. The Labute approximate surface area is 148 Å². The standard InChI is InChI=1S/C17H16F3NO4S/c18-17(19,20)14-5-7-15(8-6-14)26(24,25)21-10-9-12-1-3-13(4-2-12)11-16(22)23/h1-8,21H,9-11H2,(H,22,23). The molecule has 0 aliphatic rings. The summed E-state index contributed by atoms with van der Waals surface area (Å²) in [5.74, 6) is -0.943. The molecule has 0 aliphatic carbocycles. The predicted molar refractivity (Wildman–Crippen MR) is 88.1 cm³/mol. The highest BCUT2D eigenvalue weighted by Gasteiger charge is 2.30. The van der Waals surface area contributed by atoms with Gasteiger partial charge in [0.25, 0.3) is 0 Å². The van der Waals surface area contributed by atoms with Gasteiger partial charge in [-0.2, -0.15) is 13.2 Å². The van der Waals surface area contributed by atoms with Crippen molar-refractivity contribution in [1.82, 2.24) is 4.72 Å². The molecule has 0 aromatic heterocycles. The minimum absolute atomic E-state index is 0.0572. The van der Waals surface area contributed by atoms with Crippen molar-refractivity contribution in [2.45, 2.75) is 23.9 Å². The number of hydrogen-bond acceptors (Lipinski definition) is 3. The summed E-state index contributed by atoms with van der Waals surface area (Å²) >= 11 is 0. The van der Waals surface area contributed by atoms with Gasteiger partial charge in [-0.3, -0.25) is 4.79 Å². The van der Waals surface area contributed by atoms with Crippen LogP contribution < -0.4 is 4.72 Å². The highest BCUT2D eigenvalue weighted by molar-refractivity contribution is 7.89. The first-order chi connectivity index (χ1) is 12.1. The first-order valence-electron chi connectivity index (χ1n) is 7.54. The number of carboxylic acid groups (broad SMARTS) is 1. The second-order valence-corrected chi connectivity index (χ2v) is 7.32. The van der Waals surface area contributed by atoms with Gasteiger partial charge in [0.15, 0.2) is 0 Å². The fraction of sp³-hybridized carbons (Fsp3) is 0.235. The third-order valence-corrected chi connectivity index (χ3v) is 5.05. The van der Waals surface area contributed by atoms with Gasteiger partial charge in [0.1, 0.15) is 0 Å². The normalized spacial score (nSPS) is 12.1. The molecule has 0 fully saturated rings. The Kier molecular flexibility index (Phi) is 6.04. The Morgan fingerprint density at radius 3 is 2.00 bits per heavy atom. The largest absolute Gasteiger partial charge is 0.481 e. The molecular formula is C17H16F3NO4S. The number of carbonyl (C=O) groups is 1. The van der Waals surface area contributed by atoms with E-state index in [2.05, 4.69) is 4.72 Å². The van der Waals surface area contributed by atoms with Crippen molar-refractivity contribution in [1.29, 1.82) is 0 Å². The van der Waals surface area contributed by atoms with E-state index in [4.69, 9.17) is 5.11 Å².